The second kappa shape index (κ2) is 3.20. The van der Waals surface area contributed by atoms with Crippen LogP contribution in [0.1, 0.15) is 11.1 Å². The summed E-state index contributed by atoms with van der Waals surface area (Å²) in [4.78, 5) is 0. The third kappa shape index (κ3) is 1.52. The summed E-state index contributed by atoms with van der Waals surface area (Å²) >= 11 is 5.99. The number of fused-ring (bicyclic) bond motifs is 1. The van der Waals surface area contributed by atoms with E-state index < -0.39 is 0 Å². The zero-order valence-corrected chi connectivity index (χ0v) is 8.27. The highest BCUT2D eigenvalue weighted by Gasteiger charge is 2.19. The standard InChI is InChI=1S/C10H12ClNO/c1-13-10-5-7-3-8(12)2-6(7)4-9(10)11/h4-5,8H,2-3,12H2,1H3. The highest BCUT2D eigenvalue weighted by Crippen LogP contribution is 2.32. The van der Waals surface area contributed by atoms with Gasteiger partial charge in [0, 0.05) is 6.04 Å². The Morgan fingerprint density at radius 1 is 1.38 bits per heavy atom. The molecule has 0 bridgehead atoms. The van der Waals surface area contributed by atoms with Crippen LogP contribution in [-0.2, 0) is 12.8 Å². The molecule has 1 atom stereocenters. The van der Waals surface area contributed by atoms with Gasteiger partial charge in [0.15, 0.2) is 0 Å². The highest BCUT2D eigenvalue weighted by molar-refractivity contribution is 6.32. The summed E-state index contributed by atoms with van der Waals surface area (Å²) in [7, 11) is 1.63. The molecule has 0 fully saturated rings. The molecule has 0 aromatic heterocycles. The Bertz CT molecular complexity index is 338. The summed E-state index contributed by atoms with van der Waals surface area (Å²) in [5, 5.41) is 0.676. The number of ether oxygens (including phenoxy) is 1. The number of halogens is 1. The fourth-order valence-electron chi connectivity index (χ4n) is 1.81. The number of benzene rings is 1. The lowest BCUT2D eigenvalue weighted by Gasteiger charge is -2.05. The number of hydrogen-bond donors (Lipinski definition) is 1. The van der Waals surface area contributed by atoms with Crippen molar-refractivity contribution in [3.63, 3.8) is 0 Å². The van der Waals surface area contributed by atoms with Crippen molar-refractivity contribution in [2.45, 2.75) is 18.9 Å². The fourth-order valence-corrected chi connectivity index (χ4v) is 2.07. The van der Waals surface area contributed by atoms with Gasteiger partial charge < -0.3 is 10.5 Å². The van der Waals surface area contributed by atoms with Gasteiger partial charge in [-0.2, -0.15) is 0 Å². The third-order valence-electron chi connectivity index (χ3n) is 2.44. The Kier molecular flexibility index (Phi) is 2.18. The summed E-state index contributed by atoms with van der Waals surface area (Å²) in [5.41, 5.74) is 8.38. The molecule has 1 aromatic rings. The van der Waals surface area contributed by atoms with Gasteiger partial charge >= 0.3 is 0 Å². The van der Waals surface area contributed by atoms with Crippen LogP contribution in [0.5, 0.6) is 5.75 Å². The van der Waals surface area contributed by atoms with E-state index in [9.17, 15) is 0 Å². The van der Waals surface area contributed by atoms with Crippen LogP contribution in [0.25, 0.3) is 0 Å². The first kappa shape index (κ1) is 8.85. The lowest BCUT2D eigenvalue weighted by atomic mass is 10.1. The van der Waals surface area contributed by atoms with E-state index in [-0.39, 0.29) is 6.04 Å². The predicted octanol–water partition coefficient (Wildman–Crippen LogP) is 1.77. The van der Waals surface area contributed by atoms with Crippen LogP contribution in [0.2, 0.25) is 5.02 Å². The number of nitrogens with two attached hydrogens (primary N) is 1. The van der Waals surface area contributed by atoms with Gasteiger partial charge in [-0.1, -0.05) is 11.6 Å². The average Bonchev–Trinajstić information content (AvgIpc) is 2.42. The first-order valence-corrected chi connectivity index (χ1v) is 4.69. The molecule has 1 aromatic carbocycles. The van der Waals surface area contributed by atoms with Crippen molar-refractivity contribution in [1.82, 2.24) is 0 Å². The van der Waals surface area contributed by atoms with Crippen molar-refractivity contribution < 1.29 is 4.74 Å². The van der Waals surface area contributed by atoms with E-state index in [1.807, 2.05) is 12.1 Å². The smallest absolute Gasteiger partial charge is 0.137 e. The first-order valence-electron chi connectivity index (χ1n) is 4.31. The molecule has 70 valence electrons. The van der Waals surface area contributed by atoms with Crippen LogP contribution in [0.15, 0.2) is 12.1 Å². The van der Waals surface area contributed by atoms with Crippen LogP contribution in [0.4, 0.5) is 0 Å². The lowest BCUT2D eigenvalue weighted by Crippen LogP contribution is -2.18. The van der Waals surface area contributed by atoms with Crippen LogP contribution >= 0.6 is 11.6 Å². The molecule has 2 rings (SSSR count). The van der Waals surface area contributed by atoms with E-state index in [1.165, 1.54) is 11.1 Å². The van der Waals surface area contributed by atoms with E-state index in [2.05, 4.69) is 0 Å². The normalized spacial score (nSPS) is 20.1. The monoisotopic (exact) mass is 197 g/mol. The van der Waals surface area contributed by atoms with E-state index in [0.717, 1.165) is 18.6 Å². The summed E-state index contributed by atoms with van der Waals surface area (Å²) < 4.78 is 5.13. The van der Waals surface area contributed by atoms with Crippen LogP contribution in [0, 0.1) is 0 Å². The Morgan fingerprint density at radius 2 is 2.00 bits per heavy atom. The lowest BCUT2D eigenvalue weighted by molar-refractivity contribution is 0.414. The Labute approximate surface area is 82.6 Å². The molecule has 1 aliphatic rings. The molecule has 0 saturated heterocycles. The summed E-state index contributed by atoms with van der Waals surface area (Å²) in [6, 6.07) is 4.20. The zero-order valence-electron chi connectivity index (χ0n) is 7.51. The predicted molar refractivity (Wildman–Crippen MR) is 53.4 cm³/mol. The minimum Gasteiger partial charge on any atom is -0.495 e. The Morgan fingerprint density at radius 3 is 2.62 bits per heavy atom. The Balaban J connectivity index is 2.44. The minimum absolute atomic E-state index is 0.248. The van der Waals surface area contributed by atoms with E-state index in [1.54, 1.807) is 7.11 Å². The zero-order chi connectivity index (χ0) is 9.42. The molecule has 0 radical (unpaired) electrons. The summed E-state index contributed by atoms with van der Waals surface area (Å²) in [6.45, 7) is 0. The van der Waals surface area contributed by atoms with E-state index in [4.69, 9.17) is 22.1 Å². The molecule has 0 saturated carbocycles. The van der Waals surface area contributed by atoms with Crippen molar-refractivity contribution in [3.05, 3.63) is 28.3 Å². The number of methoxy groups -OCH3 is 1. The highest BCUT2D eigenvalue weighted by atomic mass is 35.5. The first-order chi connectivity index (χ1) is 6.20. The van der Waals surface area contributed by atoms with E-state index >= 15 is 0 Å². The molecule has 0 heterocycles. The average molecular weight is 198 g/mol. The Hall–Kier alpha value is -0.730. The van der Waals surface area contributed by atoms with Crippen molar-refractivity contribution >= 4 is 11.6 Å². The maximum Gasteiger partial charge on any atom is 0.137 e. The van der Waals surface area contributed by atoms with Crippen LogP contribution < -0.4 is 10.5 Å². The largest absolute Gasteiger partial charge is 0.495 e. The molecular formula is C10H12ClNO. The second-order valence-corrected chi connectivity index (χ2v) is 3.83. The molecule has 2 nitrogen and oxygen atoms in total. The number of rotatable bonds is 1. The molecule has 3 heteroatoms. The molecule has 1 unspecified atom stereocenters. The molecule has 0 spiro atoms. The SMILES string of the molecule is COc1cc2c(cc1Cl)CC(N)C2. The van der Waals surface area contributed by atoms with Gasteiger partial charge in [0.2, 0.25) is 0 Å². The van der Waals surface area contributed by atoms with Crippen molar-refractivity contribution in [2.24, 2.45) is 5.73 Å². The van der Waals surface area contributed by atoms with Gasteiger partial charge in [-0.05, 0) is 36.1 Å². The molecule has 13 heavy (non-hydrogen) atoms. The second-order valence-electron chi connectivity index (χ2n) is 3.42. The van der Waals surface area contributed by atoms with Crippen molar-refractivity contribution in [1.29, 1.82) is 0 Å². The van der Waals surface area contributed by atoms with Crippen LogP contribution in [-0.4, -0.2) is 13.2 Å². The van der Waals surface area contributed by atoms with Gasteiger partial charge in [0.1, 0.15) is 5.75 Å². The topological polar surface area (TPSA) is 35.2 Å². The fraction of sp³-hybridized carbons (Fsp3) is 0.400. The molecule has 2 N–H and O–H groups in total. The molecule has 0 amide bonds. The van der Waals surface area contributed by atoms with Crippen molar-refractivity contribution in [3.8, 4) is 5.75 Å². The van der Waals surface area contributed by atoms with Crippen molar-refractivity contribution in [2.75, 3.05) is 7.11 Å². The minimum atomic E-state index is 0.248. The number of hydrogen-bond acceptors (Lipinski definition) is 2. The van der Waals surface area contributed by atoms with Gasteiger partial charge in [-0.25, -0.2) is 0 Å². The van der Waals surface area contributed by atoms with Crippen LogP contribution in [0.3, 0.4) is 0 Å². The molecule has 0 aliphatic heterocycles. The maximum atomic E-state index is 5.99. The summed E-state index contributed by atoms with van der Waals surface area (Å²) in [6.07, 6.45) is 1.86. The molecular weight excluding hydrogens is 186 g/mol. The maximum absolute atomic E-state index is 5.99. The van der Waals surface area contributed by atoms with E-state index in [0.29, 0.717) is 5.02 Å². The quantitative estimate of drug-likeness (QED) is 0.745. The van der Waals surface area contributed by atoms with Gasteiger partial charge in [0.05, 0.1) is 12.1 Å². The van der Waals surface area contributed by atoms with Gasteiger partial charge in [-0.3, -0.25) is 0 Å². The van der Waals surface area contributed by atoms with Gasteiger partial charge in [0.25, 0.3) is 0 Å². The van der Waals surface area contributed by atoms with Gasteiger partial charge in [-0.15, -0.1) is 0 Å². The summed E-state index contributed by atoms with van der Waals surface area (Å²) in [5.74, 6) is 0.745. The molecule has 1 aliphatic carbocycles. The third-order valence-corrected chi connectivity index (χ3v) is 2.73.